The lowest BCUT2D eigenvalue weighted by molar-refractivity contribution is -0.385. The van der Waals surface area contributed by atoms with E-state index in [4.69, 9.17) is 4.74 Å². The SMILES string of the molecule is CC(C)C1C(C)CCCC1OCC(=O)NCc1ccc(N(Cc2cc([N+](=O)[O-])ccc2O)Cc2cc([N+](=O)[O-])ccc2O)cc1. The molecule has 1 aliphatic carbocycles. The lowest BCUT2D eigenvalue weighted by Crippen LogP contribution is -2.39. The van der Waals surface area contributed by atoms with Crippen molar-refractivity contribution in [2.45, 2.75) is 65.8 Å². The fourth-order valence-electron chi connectivity index (χ4n) is 6.21. The van der Waals surface area contributed by atoms with E-state index < -0.39 is 9.85 Å². The summed E-state index contributed by atoms with van der Waals surface area (Å²) in [5.74, 6) is 0.953. The lowest BCUT2D eigenvalue weighted by atomic mass is 9.72. The van der Waals surface area contributed by atoms with Crippen molar-refractivity contribution in [2.75, 3.05) is 11.5 Å². The van der Waals surface area contributed by atoms with E-state index in [1.807, 2.05) is 12.1 Å². The van der Waals surface area contributed by atoms with E-state index in [0.717, 1.165) is 18.4 Å². The monoisotopic (exact) mass is 620 g/mol. The fraction of sp³-hybridized carbons (Fsp3) is 0.424. The number of aromatic hydroxyl groups is 2. The summed E-state index contributed by atoms with van der Waals surface area (Å²) in [6, 6.07) is 14.6. The highest BCUT2D eigenvalue weighted by Gasteiger charge is 2.33. The zero-order valence-electron chi connectivity index (χ0n) is 25.7. The second kappa shape index (κ2) is 14.8. The van der Waals surface area contributed by atoms with Gasteiger partial charge in [-0.2, -0.15) is 0 Å². The van der Waals surface area contributed by atoms with Gasteiger partial charge in [-0.3, -0.25) is 25.0 Å². The van der Waals surface area contributed by atoms with Crippen LogP contribution in [0.2, 0.25) is 0 Å². The number of nitrogens with zero attached hydrogens (tertiary/aromatic N) is 3. The number of phenolic OH excluding ortho intramolecular Hbond substituents is 2. The molecule has 3 N–H and O–H groups in total. The molecule has 1 amide bonds. The average molecular weight is 621 g/mol. The molecule has 0 radical (unpaired) electrons. The van der Waals surface area contributed by atoms with Gasteiger partial charge in [-0.05, 0) is 54.0 Å². The van der Waals surface area contributed by atoms with Crippen molar-refractivity contribution < 1.29 is 29.6 Å². The normalized spacial score (nSPS) is 18.0. The summed E-state index contributed by atoms with van der Waals surface area (Å²) in [5, 5.41) is 46.5. The van der Waals surface area contributed by atoms with E-state index in [1.165, 1.54) is 42.8 Å². The number of anilines is 1. The third kappa shape index (κ3) is 8.69. The van der Waals surface area contributed by atoms with E-state index in [0.29, 0.717) is 23.4 Å². The third-order valence-electron chi connectivity index (χ3n) is 8.49. The van der Waals surface area contributed by atoms with Crippen LogP contribution < -0.4 is 10.2 Å². The Bertz CT molecular complexity index is 1450. The van der Waals surface area contributed by atoms with Crippen LogP contribution in [0.15, 0.2) is 60.7 Å². The average Bonchev–Trinajstić information content (AvgIpc) is 3.00. The molecule has 0 aliphatic heterocycles. The molecule has 0 aromatic heterocycles. The van der Waals surface area contributed by atoms with Crippen LogP contribution in [0.3, 0.4) is 0 Å². The first kappa shape index (κ1) is 33.2. The molecule has 4 rings (SSSR count). The van der Waals surface area contributed by atoms with Crippen molar-refractivity contribution in [1.29, 1.82) is 0 Å². The number of hydrogen-bond acceptors (Lipinski definition) is 9. The van der Waals surface area contributed by atoms with E-state index in [2.05, 4.69) is 26.1 Å². The van der Waals surface area contributed by atoms with E-state index in [9.17, 15) is 35.2 Å². The summed E-state index contributed by atoms with van der Waals surface area (Å²) in [4.78, 5) is 35.9. The Morgan fingerprint density at radius 3 is 2.00 bits per heavy atom. The molecule has 3 atom stereocenters. The van der Waals surface area contributed by atoms with Gasteiger partial charge >= 0.3 is 0 Å². The van der Waals surface area contributed by atoms with Crippen LogP contribution in [0, 0.1) is 38.0 Å². The van der Waals surface area contributed by atoms with Gasteiger partial charge in [0.15, 0.2) is 0 Å². The first-order valence-corrected chi connectivity index (χ1v) is 15.1. The highest BCUT2D eigenvalue weighted by molar-refractivity contribution is 5.77. The van der Waals surface area contributed by atoms with Crippen molar-refractivity contribution in [3.63, 3.8) is 0 Å². The molecule has 240 valence electrons. The van der Waals surface area contributed by atoms with Gasteiger partial charge in [0.1, 0.15) is 18.1 Å². The molecule has 0 bridgehead atoms. The molecule has 0 spiro atoms. The number of nitro benzene ring substituents is 2. The van der Waals surface area contributed by atoms with E-state index in [1.54, 1.807) is 17.0 Å². The third-order valence-corrected chi connectivity index (χ3v) is 8.49. The Kier molecular flexibility index (Phi) is 10.9. The molecule has 0 heterocycles. The number of non-ortho nitro benzene ring substituents is 2. The zero-order chi connectivity index (χ0) is 32.7. The van der Waals surface area contributed by atoms with Crippen molar-refractivity contribution in [3.05, 3.63) is 97.6 Å². The molecular weight excluding hydrogens is 580 g/mol. The first-order chi connectivity index (χ1) is 21.4. The first-order valence-electron chi connectivity index (χ1n) is 15.1. The van der Waals surface area contributed by atoms with Crippen molar-refractivity contribution in [2.24, 2.45) is 17.8 Å². The van der Waals surface area contributed by atoms with E-state index in [-0.39, 0.29) is 72.3 Å². The van der Waals surface area contributed by atoms with Crippen molar-refractivity contribution >= 4 is 23.0 Å². The number of rotatable bonds is 13. The van der Waals surface area contributed by atoms with Gasteiger partial charge in [0.25, 0.3) is 11.4 Å². The van der Waals surface area contributed by atoms with Gasteiger partial charge in [0.2, 0.25) is 5.91 Å². The van der Waals surface area contributed by atoms with Gasteiger partial charge in [0.05, 0.1) is 16.0 Å². The molecule has 1 aliphatic rings. The molecule has 12 nitrogen and oxygen atoms in total. The maximum absolute atomic E-state index is 12.6. The number of nitrogens with one attached hydrogen (secondary N) is 1. The minimum Gasteiger partial charge on any atom is -0.508 e. The number of carbonyl (C=O) groups excluding carboxylic acids is 1. The van der Waals surface area contributed by atoms with Gasteiger partial charge in [-0.15, -0.1) is 0 Å². The minimum atomic E-state index is -0.563. The number of phenols is 2. The number of amides is 1. The quantitative estimate of drug-likeness (QED) is 0.148. The Morgan fingerprint density at radius 1 is 0.933 bits per heavy atom. The molecule has 1 fully saturated rings. The Labute approximate surface area is 261 Å². The van der Waals surface area contributed by atoms with Crippen LogP contribution in [0.4, 0.5) is 17.1 Å². The van der Waals surface area contributed by atoms with Crippen LogP contribution in [-0.2, 0) is 29.2 Å². The standard InChI is InChI=1S/C33H40N4O8/c1-21(2)33-22(3)5-4-6-31(33)45-20-32(40)34-17-23-7-9-26(10-8-23)35(18-24-15-27(36(41)42)11-13-29(24)38)19-25-16-28(37(43)44)12-14-30(25)39/h7-16,21-22,31,33,38-39H,4-6,17-20H2,1-3H3,(H,34,40). The Morgan fingerprint density at radius 2 is 1.49 bits per heavy atom. The molecule has 1 saturated carbocycles. The van der Waals surface area contributed by atoms with Crippen LogP contribution in [0.1, 0.15) is 56.7 Å². The summed E-state index contributed by atoms with van der Waals surface area (Å²) in [6.07, 6.45) is 3.31. The summed E-state index contributed by atoms with van der Waals surface area (Å²) in [6.45, 7) is 6.92. The Balaban J connectivity index is 1.47. The van der Waals surface area contributed by atoms with Crippen LogP contribution in [0.5, 0.6) is 11.5 Å². The molecule has 3 unspecified atom stereocenters. The number of carbonyl (C=O) groups is 1. The largest absolute Gasteiger partial charge is 0.508 e. The molecular formula is C33H40N4O8. The van der Waals surface area contributed by atoms with E-state index >= 15 is 0 Å². The van der Waals surface area contributed by atoms with Gasteiger partial charge in [-0.1, -0.05) is 45.7 Å². The minimum absolute atomic E-state index is 0.000220. The number of hydrogen-bond donors (Lipinski definition) is 3. The summed E-state index contributed by atoms with van der Waals surface area (Å²) >= 11 is 0. The second-order valence-corrected chi connectivity index (χ2v) is 12.0. The summed E-state index contributed by atoms with van der Waals surface area (Å²) in [7, 11) is 0. The molecule has 12 heteroatoms. The predicted octanol–water partition coefficient (Wildman–Crippen LogP) is 6.21. The lowest BCUT2D eigenvalue weighted by Gasteiger charge is -2.38. The van der Waals surface area contributed by atoms with Gasteiger partial charge in [-0.25, -0.2) is 0 Å². The highest BCUT2D eigenvalue weighted by atomic mass is 16.6. The summed E-state index contributed by atoms with van der Waals surface area (Å²) in [5.41, 5.74) is 1.56. The number of benzene rings is 3. The molecule has 3 aromatic rings. The maximum atomic E-state index is 12.6. The highest BCUT2D eigenvalue weighted by Crippen LogP contribution is 2.37. The smallest absolute Gasteiger partial charge is 0.270 e. The van der Waals surface area contributed by atoms with Crippen LogP contribution in [-0.4, -0.2) is 38.7 Å². The van der Waals surface area contributed by atoms with Crippen molar-refractivity contribution in [3.8, 4) is 11.5 Å². The molecule has 0 saturated heterocycles. The fourth-order valence-corrected chi connectivity index (χ4v) is 6.21. The Hall–Kier alpha value is -4.71. The number of ether oxygens (including phenoxy) is 1. The zero-order valence-corrected chi connectivity index (χ0v) is 25.7. The number of nitro groups is 2. The topological polar surface area (TPSA) is 168 Å². The summed E-state index contributed by atoms with van der Waals surface area (Å²) < 4.78 is 6.06. The van der Waals surface area contributed by atoms with Crippen LogP contribution >= 0.6 is 0 Å². The van der Waals surface area contributed by atoms with Gasteiger partial charge < -0.3 is 25.2 Å². The maximum Gasteiger partial charge on any atom is 0.270 e. The van der Waals surface area contributed by atoms with Crippen molar-refractivity contribution in [1.82, 2.24) is 5.32 Å². The second-order valence-electron chi connectivity index (χ2n) is 12.0. The predicted molar refractivity (Wildman–Crippen MR) is 169 cm³/mol. The molecule has 45 heavy (non-hydrogen) atoms. The van der Waals surface area contributed by atoms with Gasteiger partial charge in [0, 0.05) is 60.7 Å². The van der Waals surface area contributed by atoms with Crippen LogP contribution in [0.25, 0.3) is 0 Å². The molecule has 3 aromatic carbocycles.